The standard InChI is InChI=1S/C12H21N3O2S.C3H7N/c1-5-12(10(2)8-13)14-6-7-15(11(3)9-14)18(4,16)17;1-2-3-4/h5,8,11,13H,1,6-7,9H2,2-4H3;2-3H,4H2,1H3/b12-10-,13-8?;3-2+. The number of nitrogens with two attached hydrogens (primary N) is 1. The zero-order valence-electron chi connectivity index (χ0n) is 13.9. The minimum absolute atomic E-state index is 0.0674. The Bertz CT molecular complexity index is 534. The van der Waals surface area contributed by atoms with Gasteiger partial charge in [-0.15, -0.1) is 0 Å². The molecule has 1 aliphatic heterocycles. The van der Waals surface area contributed by atoms with Crippen molar-refractivity contribution >= 4 is 16.2 Å². The largest absolute Gasteiger partial charge is 0.405 e. The van der Waals surface area contributed by atoms with Crippen LogP contribution in [-0.2, 0) is 10.0 Å². The van der Waals surface area contributed by atoms with Gasteiger partial charge in [0.2, 0.25) is 10.0 Å². The average Bonchev–Trinajstić information content (AvgIpc) is 2.46. The smallest absolute Gasteiger partial charge is 0.211 e. The van der Waals surface area contributed by atoms with Crippen LogP contribution in [0.4, 0.5) is 0 Å². The van der Waals surface area contributed by atoms with Crippen molar-refractivity contribution in [2.24, 2.45) is 5.73 Å². The van der Waals surface area contributed by atoms with Gasteiger partial charge in [0.15, 0.2) is 0 Å². The quantitative estimate of drug-likeness (QED) is 0.605. The van der Waals surface area contributed by atoms with E-state index in [2.05, 4.69) is 11.5 Å². The molecule has 22 heavy (non-hydrogen) atoms. The Hall–Kier alpha value is -1.60. The summed E-state index contributed by atoms with van der Waals surface area (Å²) in [6.45, 7) is 11.1. The zero-order valence-corrected chi connectivity index (χ0v) is 14.7. The van der Waals surface area contributed by atoms with Gasteiger partial charge in [-0.2, -0.15) is 4.31 Å². The number of piperazine rings is 1. The number of sulfonamides is 1. The fourth-order valence-electron chi connectivity index (χ4n) is 2.27. The molecule has 0 bridgehead atoms. The van der Waals surface area contributed by atoms with Crippen molar-refractivity contribution in [3.63, 3.8) is 0 Å². The first kappa shape index (κ1) is 20.4. The second-order valence-corrected chi connectivity index (χ2v) is 7.05. The second-order valence-electron chi connectivity index (χ2n) is 5.11. The molecule has 1 aliphatic rings. The summed E-state index contributed by atoms with van der Waals surface area (Å²) in [7, 11) is -3.14. The van der Waals surface area contributed by atoms with Crippen LogP contribution in [0.3, 0.4) is 0 Å². The molecular formula is C15H28N4O2S. The molecule has 0 radical (unpaired) electrons. The topological polar surface area (TPSA) is 90.5 Å². The number of nitrogens with zero attached hydrogens (tertiary/aromatic N) is 2. The summed E-state index contributed by atoms with van der Waals surface area (Å²) < 4.78 is 24.7. The maximum atomic E-state index is 11.6. The Labute approximate surface area is 134 Å². The minimum atomic E-state index is -3.14. The molecule has 0 spiro atoms. The molecule has 0 saturated carbocycles. The van der Waals surface area contributed by atoms with Crippen LogP contribution in [0.5, 0.6) is 0 Å². The number of allylic oxidation sites excluding steroid dienone is 3. The molecule has 3 N–H and O–H groups in total. The highest BCUT2D eigenvalue weighted by Gasteiger charge is 2.30. The van der Waals surface area contributed by atoms with Crippen molar-refractivity contribution in [1.82, 2.24) is 9.21 Å². The van der Waals surface area contributed by atoms with E-state index in [-0.39, 0.29) is 6.04 Å². The molecule has 7 heteroatoms. The monoisotopic (exact) mass is 328 g/mol. The molecule has 1 unspecified atom stereocenters. The average molecular weight is 328 g/mol. The van der Waals surface area contributed by atoms with Gasteiger partial charge in [0.25, 0.3) is 0 Å². The first-order valence-corrected chi connectivity index (χ1v) is 8.96. The molecule has 1 fully saturated rings. The normalized spacial score (nSPS) is 20.9. The van der Waals surface area contributed by atoms with Gasteiger partial charge in [-0.25, -0.2) is 8.42 Å². The molecule has 0 aromatic heterocycles. The van der Waals surface area contributed by atoms with Crippen molar-refractivity contribution in [3.05, 3.63) is 36.2 Å². The SMILES string of the molecule is C/C=C/N.C=C/C(=C(\C)C=N)N1CCN(S(C)(=O)=O)C(C)C1. The molecule has 1 heterocycles. The minimum Gasteiger partial charge on any atom is -0.405 e. The van der Waals surface area contributed by atoms with E-state index >= 15 is 0 Å². The first-order valence-electron chi connectivity index (χ1n) is 7.11. The Morgan fingerprint density at radius 1 is 1.41 bits per heavy atom. The van der Waals surface area contributed by atoms with Gasteiger partial charge in [-0.1, -0.05) is 12.7 Å². The lowest BCUT2D eigenvalue weighted by atomic mass is 10.1. The number of hydrogen-bond donors (Lipinski definition) is 2. The highest BCUT2D eigenvalue weighted by atomic mass is 32.2. The third-order valence-electron chi connectivity index (χ3n) is 3.34. The van der Waals surface area contributed by atoms with Crippen LogP contribution in [0, 0.1) is 5.41 Å². The Kier molecular flexibility index (Phi) is 8.74. The molecule has 1 saturated heterocycles. The second kappa shape index (κ2) is 9.42. The van der Waals surface area contributed by atoms with E-state index in [1.807, 2.05) is 20.8 Å². The predicted molar refractivity (Wildman–Crippen MR) is 93.3 cm³/mol. The molecular weight excluding hydrogens is 300 g/mol. The third-order valence-corrected chi connectivity index (χ3v) is 4.73. The zero-order chi connectivity index (χ0) is 17.3. The number of nitrogens with one attached hydrogen (secondary N) is 1. The summed E-state index contributed by atoms with van der Waals surface area (Å²) in [5.74, 6) is 0. The van der Waals surface area contributed by atoms with E-state index in [1.165, 1.54) is 23.0 Å². The summed E-state index contributed by atoms with van der Waals surface area (Å²) >= 11 is 0. The van der Waals surface area contributed by atoms with Crippen molar-refractivity contribution in [3.8, 4) is 0 Å². The summed E-state index contributed by atoms with van der Waals surface area (Å²) in [6, 6.07) is -0.0674. The Balaban J connectivity index is 0.000000980. The van der Waals surface area contributed by atoms with Gasteiger partial charge in [0.1, 0.15) is 0 Å². The van der Waals surface area contributed by atoms with Gasteiger partial charge >= 0.3 is 0 Å². The fraction of sp³-hybridized carbons (Fsp3) is 0.533. The van der Waals surface area contributed by atoms with Gasteiger partial charge in [0, 0.05) is 37.6 Å². The molecule has 1 atom stereocenters. The van der Waals surface area contributed by atoms with Gasteiger partial charge in [-0.05, 0) is 38.6 Å². The molecule has 0 amide bonds. The van der Waals surface area contributed by atoms with Crippen molar-refractivity contribution in [2.45, 2.75) is 26.8 Å². The maximum absolute atomic E-state index is 11.6. The van der Waals surface area contributed by atoms with E-state index < -0.39 is 10.0 Å². The lowest BCUT2D eigenvalue weighted by molar-refractivity contribution is 0.180. The number of hydrogen-bond acceptors (Lipinski definition) is 5. The van der Waals surface area contributed by atoms with Crippen LogP contribution in [0.1, 0.15) is 20.8 Å². The maximum Gasteiger partial charge on any atom is 0.211 e. The fourth-order valence-corrected chi connectivity index (χ4v) is 3.40. The van der Waals surface area contributed by atoms with Crippen LogP contribution in [0.15, 0.2) is 36.2 Å². The number of rotatable bonds is 4. The van der Waals surface area contributed by atoms with E-state index in [0.29, 0.717) is 19.6 Å². The summed E-state index contributed by atoms with van der Waals surface area (Å²) in [5.41, 5.74) is 6.59. The van der Waals surface area contributed by atoms with E-state index in [0.717, 1.165) is 11.3 Å². The summed E-state index contributed by atoms with van der Waals surface area (Å²) in [4.78, 5) is 2.08. The molecule has 0 aromatic rings. The van der Waals surface area contributed by atoms with Crippen molar-refractivity contribution in [2.75, 3.05) is 25.9 Å². The molecule has 6 nitrogen and oxygen atoms in total. The molecule has 126 valence electrons. The van der Waals surface area contributed by atoms with Crippen molar-refractivity contribution < 1.29 is 8.42 Å². The van der Waals surface area contributed by atoms with Crippen LogP contribution >= 0.6 is 0 Å². The molecule has 1 rings (SSSR count). The highest BCUT2D eigenvalue weighted by molar-refractivity contribution is 7.88. The van der Waals surface area contributed by atoms with E-state index in [4.69, 9.17) is 11.1 Å². The third kappa shape index (κ3) is 6.03. The summed E-state index contributed by atoms with van der Waals surface area (Å²) in [5, 5.41) is 7.29. The first-order chi connectivity index (χ1) is 10.2. The lowest BCUT2D eigenvalue weighted by Gasteiger charge is -2.40. The highest BCUT2D eigenvalue weighted by Crippen LogP contribution is 2.19. The van der Waals surface area contributed by atoms with Gasteiger partial charge in [-0.3, -0.25) is 0 Å². The molecule has 0 aliphatic carbocycles. The predicted octanol–water partition coefficient (Wildman–Crippen LogP) is 1.54. The van der Waals surface area contributed by atoms with Crippen LogP contribution in [-0.4, -0.2) is 55.8 Å². The summed E-state index contributed by atoms with van der Waals surface area (Å²) in [6.07, 6.45) is 7.54. The van der Waals surface area contributed by atoms with Crippen LogP contribution in [0.25, 0.3) is 0 Å². The van der Waals surface area contributed by atoms with Gasteiger partial charge < -0.3 is 16.0 Å². The Morgan fingerprint density at radius 2 is 1.95 bits per heavy atom. The van der Waals surface area contributed by atoms with Crippen LogP contribution < -0.4 is 5.73 Å². The van der Waals surface area contributed by atoms with E-state index in [9.17, 15) is 8.42 Å². The van der Waals surface area contributed by atoms with Gasteiger partial charge in [0.05, 0.1) is 6.26 Å². The van der Waals surface area contributed by atoms with Crippen molar-refractivity contribution in [1.29, 1.82) is 5.41 Å². The molecule has 0 aromatic carbocycles. The van der Waals surface area contributed by atoms with Crippen LogP contribution in [0.2, 0.25) is 0 Å². The van der Waals surface area contributed by atoms with E-state index in [1.54, 1.807) is 12.2 Å². The Morgan fingerprint density at radius 3 is 2.27 bits per heavy atom. The lowest BCUT2D eigenvalue weighted by Crippen LogP contribution is -2.53.